The van der Waals surface area contributed by atoms with Gasteiger partial charge in [-0.2, -0.15) is 0 Å². The number of methoxy groups -OCH3 is 2. The van der Waals surface area contributed by atoms with Crippen molar-refractivity contribution < 1.29 is 14.3 Å². The predicted molar refractivity (Wildman–Crippen MR) is 66.0 cm³/mol. The van der Waals surface area contributed by atoms with Gasteiger partial charge in [0.1, 0.15) is 10.0 Å². The molecule has 0 amide bonds. The lowest BCUT2D eigenvalue weighted by atomic mass is 10.1. The van der Waals surface area contributed by atoms with Gasteiger partial charge in [0.2, 0.25) is 0 Å². The van der Waals surface area contributed by atoms with Crippen molar-refractivity contribution in [2.75, 3.05) is 14.2 Å². The van der Waals surface area contributed by atoms with Crippen molar-refractivity contribution >= 4 is 28.6 Å². The highest BCUT2D eigenvalue weighted by Gasteiger charge is 2.27. The summed E-state index contributed by atoms with van der Waals surface area (Å²) >= 11 is 2.03. The zero-order valence-corrected chi connectivity index (χ0v) is 10.8. The minimum Gasteiger partial charge on any atom is -0.468 e. The molecule has 3 nitrogen and oxygen atoms in total. The van der Waals surface area contributed by atoms with Gasteiger partial charge in [0.15, 0.2) is 0 Å². The number of esters is 1. The van der Waals surface area contributed by atoms with Crippen LogP contribution in [0.1, 0.15) is 11.7 Å². The van der Waals surface area contributed by atoms with Crippen LogP contribution in [0.15, 0.2) is 30.3 Å². The first kappa shape index (κ1) is 12.4. The molecular weight excluding hydrogens is 307 g/mol. The van der Waals surface area contributed by atoms with E-state index in [9.17, 15) is 4.79 Å². The second-order valence-electron chi connectivity index (χ2n) is 2.99. The fraction of sp³-hybridized carbons (Fsp3) is 0.364. The molecule has 4 heteroatoms. The number of ether oxygens (including phenoxy) is 2. The standard InChI is InChI=1S/C11H13IO3/c1-14-10(9(12)11(13)15-2)8-6-4-3-5-7-8/h3-7,9-10H,1-2H3/t9-,10-/m0/s1. The van der Waals surface area contributed by atoms with Crippen molar-refractivity contribution in [3.05, 3.63) is 35.9 Å². The first-order valence-corrected chi connectivity index (χ1v) is 5.75. The van der Waals surface area contributed by atoms with Crippen molar-refractivity contribution in [2.24, 2.45) is 0 Å². The summed E-state index contributed by atoms with van der Waals surface area (Å²) in [4.78, 5) is 11.4. The molecule has 82 valence electrons. The maximum absolute atomic E-state index is 11.4. The summed E-state index contributed by atoms with van der Waals surface area (Å²) in [5.74, 6) is -0.272. The normalized spacial score (nSPS) is 14.3. The summed E-state index contributed by atoms with van der Waals surface area (Å²) < 4.78 is 9.67. The molecule has 1 aromatic rings. The van der Waals surface area contributed by atoms with E-state index in [1.54, 1.807) is 7.11 Å². The van der Waals surface area contributed by atoms with Gasteiger partial charge in [-0.25, -0.2) is 0 Å². The van der Waals surface area contributed by atoms with Crippen LogP contribution in [0.25, 0.3) is 0 Å². The Morgan fingerprint density at radius 2 is 1.87 bits per heavy atom. The summed E-state index contributed by atoms with van der Waals surface area (Å²) in [7, 11) is 2.97. The van der Waals surface area contributed by atoms with Crippen LogP contribution in [-0.4, -0.2) is 24.1 Å². The van der Waals surface area contributed by atoms with Crippen LogP contribution >= 0.6 is 22.6 Å². The van der Waals surface area contributed by atoms with Gasteiger partial charge in [-0.15, -0.1) is 0 Å². The average Bonchev–Trinajstić information content (AvgIpc) is 2.30. The number of hydrogen-bond acceptors (Lipinski definition) is 3. The lowest BCUT2D eigenvalue weighted by molar-refractivity contribution is -0.142. The molecule has 0 heterocycles. The first-order valence-electron chi connectivity index (χ1n) is 4.50. The quantitative estimate of drug-likeness (QED) is 0.485. The zero-order valence-electron chi connectivity index (χ0n) is 8.64. The van der Waals surface area contributed by atoms with Gasteiger partial charge in [0.05, 0.1) is 7.11 Å². The second-order valence-corrected chi connectivity index (χ2v) is 4.33. The van der Waals surface area contributed by atoms with E-state index in [-0.39, 0.29) is 16.0 Å². The smallest absolute Gasteiger partial charge is 0.321 e. The van der Waals surface area contributed by atoms with Crippen LogP contribution in [0.3, 0.4) is 0 Å². The third kappa shape index (κ3) is 3.17. The highest BCUT2D eigenvalue weighted by molar-refractivity contribution is 14.1. The molecule has 0 saturated carbocycles. The van der Waals surface area contributed by atoms with Crippen LogP contribution in [-0.2, 0) is 14.3 Å². The molecule has 2 atom stereocenters. The number of hydrogen-bond donors (Lipinski definition) is 0. The molecule has 0 aromatic heterocycles. The van der Waals surface area contributed by atoms with Gasteiger partial charge in [0.25, 0.3) is 0 Å². The molecule has 0 aliphatic heterocycles. The van der Waals surface area contributed by atoms with E-state index in [1.807, 2.05) is 52.9 Å². The predicted octanol–water partition coefficient (Wildman–Crippen LogP) is 2.35. The minimum atomic E-state index is -0.333. The van der Waals surface area contributed by atoms with E-state index in [2.05, 4.69) is 4.74 Å². The molecule has 0 N–H and O–H groups in total. The summed E-state index contributed by atoms with van der Waals surface area (Å²) in [5.41, 5.74) is 0.977. The Morgan fingerprint density at radius 3 is 2.33 bits per heavy atom. The minimum absolute atomic E-state index is 0.265. The summed E-state index contributed by atoms with van der Waals surface area (Å²) in [5, 5.41) is 0. The average molecular weight is 320 g/mol. The van der Waals surface area contributed by atoms with Gasteiger partial charge >= 0.3 is 5.97 Å². The van der Waals surface area contributed by atoms with E-state index in [0.29, 0.717) is 0 Å². The number of alkyl halides is 1. The van der Waals surface area contributed by atoms with E-state index in [0.717, 1.165) is 5.56 Å². The molecule has 0 saturated heterocycles. The first-order chi connectivity index (χ1) is 7.20. The Balaban J connectivity index is 2.85. The van der Waals surface area contributed by atoms with Crippen molar-refractivity contribution in [2.45, 2.75) is 10.0 Å². The van der Waals surface area contributed by atoms with Crippen molar-refractivity contribution in [3.8, 4) is 0 Å². The van der Waals surface area contributed by atoms with Crippen molar-refractivity contribution in [1.82, 2.24) is 0 Å². The Kier molecular flexibility index (Phi) is 5.04. The van der Waals surface area contributed by atoms with Crippen LogP contribution in [0.4, 0.5) is 0 Å². The summed E-state index contributed by atoms with van der Waals surface area (Å²) in [6, 6.07) is 9.63. The monoisotopic (exact) mass is 320 g/mol. The van der Waals surface area contributed by atoms with Crippen molar-refractivity contribution in [1.29, 1.82) is 0 Å². The third-order valence-corrected chi connectivity index (χ3v) is 3.24. The highest BCUT2D eigenvalue weighted by atomic mass is 127. The van der Waals surface area contributed by atoms with Crippen LogP contribution < -0.4 is 0 Å². The third-order valence-electron chi connectivity index (χ3n) is 2.07. The number of rotatable bonds is 4. The summed E-state index contributed by atoms with van der Waals surface area (Å²) in [6.07, 6.45) is -0.265. The number of carbonyl (C=O) groups is 1. The van der Waals surface area contributed by atoms with Crippen molar-refractivity contribution in [3.63, 3.8) is 0 Å². The molecular formula is C11H13IO3. The molecule has 1 rings (SSSR count). The van der Waals surface area contributed by atoms with Gasteiger partial charge < -0.3 is 9.47 Å². The number of carbonyl (C=O) groups excluding carboxylic acids is 1. The molecule has 0 fully saturated rings. The maximum atomic E-state index is 11.4. The molecule has 1 aromatic carbocycles. The fourth-order valence-electron chi connectivity index (χ4n) is 1.30. The Morgan fingerprint density at radius 1 is 1.27 bits per heavy atom. The van der Waals surface area contributed by atoms with Gasteiger partial charge in [0, 0.05) is 7.11 Å². The van der Waals surface area contributed by atoms with E-state index in [4.69, 9.17) is 4.74 Å². The molecule has 0 bridgehead atoms. The van der Waals surface area contributed by atoms with E-state index in [1.165, 1.54) is 7.11 Å². The van der Waals surface area contributed by atoms with Gasteiger partial charge in [-0.05, 0) is 5.56 Å². The Labute approximate surface area is 103 Å². The SMILES string of the molecule is COC(=O)[C@@H](I)[C@@H](OC)c1ccccc1. The van der Waals surface area contributed by atoms with Gasteiger partial charge in [-0.1, -0.05) is 52.9 Å². The molecule has 0 spiro atoms. The lowest BCUT2D eigenvalue weighted by Gasteiger charge is -2.19. The van der Waals surface area contributed by atoms with Crippen LogP contribution in [0.5, 0.6) is 0 Å². The fourth-order valence-corrected chi connectivity index (χ4v) is 2.27. The topological polar surface area (TPSA) is 35.5 Å². The van der Waals surface area contributed by atoms with E-state index < -0.39 is 0 Å². The second kappa shape index (κ2) is 6.07. The van der Waals surface area contributed by atoms with Crippen LogP contribution in [0.2, 0.25) is 0 Å². The Bertz CT molecular complexity index is 313. The molecule has 0 radical (unpaired) electrons. The van der Waals surface area contributed by atoms with Gasteiger partial charge in [-0.3, -0.25) is 4.79 Å². The highest BCUT2D eigenvalue weighted by Crippen LogP contribution is 2.26. The molecule has 0 unspecified atom stereocenters. The maximum Gasteiger partial charge on any atom is 0.321 e. The van der Waals surface area contributed by atoms with E-state index >= 15 is 0 Å². The molecule has 0 aliphatic rings. The largest absolute Gasteiger partial charge is 0.468 e. The molecule has 0 aliphatic carbocycles. The molecule has 15 heavy (non-hydrogen) atoms. The zero-order chi connectivity index (χ0) is 11.3. The lowest BCUT2D eigenvalue weighted by Crippen LogP contribution is -2.24. The number of halogens is 1. The Hall–Kier alpha value is -0.620. The van der Waals surface area contributed by atoms with Crippen LogP contribution in [0, 0.1) is 0 Å². The summed E-state index contributed by atoms with van der Waals surface area (Å²) in [6.45, 7) is 0. The number of benzene rings is 1.